The fourth-order valence-electron chi connectivity index (χ4n) is 2.14. The topological polar surface area (TPSA) is 76.4 Å². The van der Waals surface area contributed by atoms with Crippen LogP contribution >= 0.6 is 12.2 Å². The molecule has 0 heterocycles. The Morgan fingerprint density at radius 3 is 2.43 bits per heavy atom. The van der Waals surface area contributed by atoms with E-state index in [0.29, 0.717) is 16.5 Å². The number of hydrogen-bond donors (Lipinski definition) is 2. The number of aryl methyl sites for hydroxylation is 2. The predicted molar refractivity (Wildman–Crippen MR) is 95.4 cm³/mol. The number of nitro groups is 1. The highest BCUT2D eigenvalue weighted by atomic mass is 32.1. The molecule has 0 aliphatic rings. The molecule has 2 rings (SSSR count). The van der Waals surface area contributed by atoms with Gasteiger partial charge in [0.2, 0.25) is 0 Å². The Bertz CT molecular complexity index is 762. The third-order valence-corrected chi connectivity index (χ3v) is 3.48. The first kappa shape index (κ1) is 16.7. The second-order valence-corrected chi connectivity index (χ2v) is 5.45. The van der Waals surface area contributed by atoms with Crippen molar-refractivity contribution in [3.63, 3.8) is 0 Å². The first-order valence-corrected chi connectivity index (χ1v) is 7.29. The zero-order chi connectivity index (χ0) is 17.0. The molecule has 23 heavy (non-hydrogen) atoms. The normalized spacial score (nSPS) is 10.0. The molecule has 0 aliphatic carbocycles. The number of nitrogens with zero attached hydrogens (tertiary/aromatic N) is 1. The largest absolute Gasteiger partial charge is 0.495 e. The summed E-state index contributed by atoms with van der Waals surface area (Å²) in [5.41, 5.74) is 3.48. The highest BCUT2D eigenvalue weighted by Gasteiger charge is 2.12. The van der Waals surface area contributed by atoms with Gasteiger partial charge in [-0.05, 0) is 43.8 Å². The van der Waals surface area contributed by atoms with Gasteiger partial charge in [-0.1, -0.05) is 17.7 Å². The maximum Gasteiger partial charge on any atom is 0.271 e. The second-order valence-electron chi connectivity index (χ2n) is 5.04. The Morgan fingerprint density at radius 2 is 1.83 bits per heavy atom. The fraction of sp³-hybridized carbons (Fsp3) is 0.188. The van der Waals surface area contributed by atoms with Crippen LogP contribution in [-0.2, 0) is 0 Å². The van der Waals surface area contributed by atoms with Gasteiger partial charge in [0.15, 0.2) is 5.11 Å². The van der Waals surface area contributed by atoms with Crippen LogP contribution in [0.5, 0.6) is 5.75 Å². The zero-order valence-electron chi connectivity index (χ0n) is 13.0. The summed E-state index contributed by atoms with van der Waals surface area (Å²) in [6.07, 6.45) is 0. The van der Waals surface area contributed by atoms with Crippen LogP contribution in [0, 0.1) is 24.0 Å². The van der Waals surface area contributed by atoms with Crippen LogP contribution in [-0.4, -0.2) is 17.1 Å². The number of benzene rings is 2. The standard InChI is InChI=1S/C16H17N3O3S/c1-10-4-6-13(11(2)8-10)17-16(23)18-14-9-12(19(20)21)5-7-15(14)22-3/h4-9H,1-3H3,(H2,17,18,23). The molecule has 0 atom stereocenters. The molecular weight excluding hydrogens is 314 g/mol. The number of nitro benzene ring substituents is 1. The van der Waals surface area contributed by atoms with Gasteiger partial charge in [-0.25, -0.2) is 0 Å². The lowest BCUT2D eigenvalue weighted by Gasteiger charge is -2.15. The average molecular weight is 331 g/mol. The van der Waals surface area contributed by atoms with Crippen molar-refractivity contribution in [1.82, 2.24) is 0 Å². The molecule has 0 fully saturated rings. The lowest BCUT2D eigenvalue weighted by Crippen LogP contribution is -2.20. The van der Waals surface area contributed by atoms with E-state index in [9.17, 15) is 10.1 Å². The number of nitrogens with one attached hydrogen (secondary N) is 2. The van der Waals surface area contributed by atoms with E-state index in [2.05, 4.69) is 10.6 Å². The average Bonchev–Trinajstić information content (AvgIpc) is 2.50. The predicted octanol–water partition coefficient (Wildman–Crippen LogP) is 4.03. The van der Waals surface area contributed by atoms with Crippen LogP contribution in [0.3, 0.4) is 0 Å². The molecule has 0 amide bonds. The van der Waals surface area contributed by atoms with Gasteiger partial charge in [-0.2, -0.15) is 0 Å². The van der Waals surface area contributed by atoms with Gasteiger partial charge in [0, 0.05) is 17.8 Å². The first-order chi connectivity index (χ1) is 10.9. The van der Waals surface area contributed by atoms with E-state index in [4.69, 9.17) is 17.0 Å². The van der Waals surface area contributed by atoms with Crippen LogP contribution in [0.15, 0.2) is 36.4 Å². The monoisotopic (exact) mass is 331 g/mol. The molecule has 2 N–H and O–H groups in total. The lowest BCUT2D eigenvalue weighted by molar-refractivity contribution is -0.384. The van der Waals surface area contributed by atoms with Crippen molar-refractivity contribution in [2.45, 2.75) is 13.8 Å². The molecule has 120 valence electrons. The minimum Gasteiger partial charge on any atom is -0.495 e. The first-order valence-electron chi connectivity index (χ1n) is 6.88. The van der Waals surface area contributed by atoms with E-state index in [1.807, 2.05) is 32.0 Å². The quantitative estimate of drug-likeness (QED) is 0.500. The summed E-state index contributed by atoms with van der Waals surface area (Å²) in [5, 5.41) is 17.2. The van der Waals surface area contributed by atoms with Crippen molar-refractivity contribution in [3.05, 3.63) is 57.6 Å². The van der Waals surface area contributed by atoms with E-state index >= 15 is 0 Å². The zero-order valence-corrected chi connectivity index (χ0v) is 13.9. The summed E-state index contributed by atoms with van der Waals surface area (Å²) in [4.78, 5) is 10.4. The van der Waals surface area contributed by atoms with Crippen molar-refractivity contribution in [2.75, 3.05) is 17.7 Å². The van der Waals surface area contributed by atoms with Gasteiger partial charge < -0.3 is 15.4 Å². The van der Waals surface area contributed by atoms with Crippen LogP contribution < -0.4 is 15.4 Å². The van der Waals surface area contributed by atoms with Gasteiger partial charge in [0.05, 0.1) is 17.7 Å². The molecule has 0 saturated carbocycles. The van der Waals surface area contributed by atoms with E-state index in [-0.39, 0.29) is 5.69 Å². The van der Waals surface area contributed by atoms with Gasteiger partial charge in [-0.3, -0.25) is 10.1 Å². The van der Waals surface area contributed by atoms with Crippen molar-refractivity contribution in [3.8, 4) is 5.75 Å². The van der Waals surface area contributed by atoms with Gasteiger partial charge in [-0.15, -0.1) is 0 Å². The molecule has 0 aromatic heterocycles. The molecule has 7 heteroatoms. The summed E-state index contributed by atoms with van der Waals surface area (Å²) in [6, 6.07) is 10.2. The fourth-order valence-corrected chi connectivity index (χ4v) is 2.36. The van der Waals surface area contributed by atoms with Crippen molar-refractivity contribution < 1.29 is 9.66 Å². The smallest absolute Gasteiger partial charge is 0.271 e. The molecular formula is C16H17N3O3S. The van der Waals surface area contributed by atoms with Gasteiger partial charge in [0.1, 0.15) is 5.75 Å². The minimum atomic E-state index is -0.467. The molecule has 0 aliphatic heterocycles. The summed E-state index contributed by atoms with van der Waals surface area (Å²) >= 11 is 5.28. The number of ether oxygens (including phenoxy) is 1. The lowest BCUT2D eigenvalue weighted by atomic mass is 10.1. The Hall–Kier alpha value is -2.67. The molecule has 2 aromatic rings. The van der Waals surface area contributed by atoms with Crippen LogP contribution in [0.1, 0.15) is 11.1 Å². The second kappa shape index (κ2) is 7.06. The van der Waals surface area contributed by atoms with Crippen LogP contribution in [0.25, 0.3) is 0 Å². The van der Waals surface area contributed by atoms with Gasteiger partial charge >= 0.3 is 0 Å². The summed E-state index contributed by atoms with van der Waals surface area (Å²) in [6.45, 7) is 3.99. The molecule has 2 aromatic carbocycles. The minimum absolute atomic E-state index is 0.0392. The SMILES string of the molecule is COc1ccc([N+](=O)[O-])cc1NC(=S)Nc1ccc(C)cc1C. The van der Waals surface area contributed by atoms with E-state index in [1.165, 1.54) is 25.3 Å². The molecule has 6 nitrogen and oxygen atoms in total. The Morgan fingerprint density at radius 1 is 1.13 bits per heavy atom. The molecule has 0 radical (unpaired) electrons. The maximum absolute atomic E-state index is 10.9. The van der Waals surface area contributed by atoms with Crippen molar-refractivity contribution >= 4 is 34.4 Å². The molecule has 0 spiro atoms. The molecule has 0 bridgehead atoms. The third-order valence-electron chi connectivity index (χ3n) is 3.27. The molecule has 0 saturated heterocycles. The summed E-state index contributed by atoms with van der Waals surface area (Å²) < 4.78 is 5.20. The summed E-state index contributed by atoms with van der Waals surface area (Å²) in [7, 11) is 1.49. The van der Waals surface area contributed by atoms with E-state index in [0.717, 1.165) is 16.8 Å². The highest BCUT2D eigenvalue weighted by molar-refractivity contribution is 7.80. The maximum atomic E-state index is 10.9. The number of rotatable bonds is 4. The number of thiocarbonyl (C=S) groups is 1. The summed E-state index contributed by atoms with van der Waals surface area (Å²) in [5.74, 6) is 0.473. The van der Waals surface area contributed by atoms with Crippen LogP contribution in [0.4, 0.5) is 17.1 Å². The van der Waals surface area contributed by atoms with E-state index in [1.54, 1.807) is 0 Å². The Kier molecular flexibility index (Phi) is 5.13. The van der Waals surface area contributed by atoms with Gasteiger partial charge in [0.25, 0.3) is 5.69 Å². The Labute approximate surface area is 139 Å². The Balaban J connectivity index is 2.19. The number of hydrogen-bond acceptors (Lipinski definition) is 4. The van der Waals surface area contributed by atoms with Crippen molar-refractivity contribution in [2.24, 2.45) is 0 Å². The third kappa shape index (κ3) is 4.17. The number of anilines is 2. The van der Waals surface area contributed by atoms with E-state index < -0.39 is 4.92 Å². The number of methoxy groups -OCH3 is 1. The highest BCUT2D eigenvalue weighted by Crippen LogP contribution is 2.29. The molecule has 0 unspecified atom stereocenters. The number of non-ortho nitro benzene ring substituents is 1. The van der Waals surface area contributed by atoms with Crippen molar-refractivity contribution in [1.29, 1.82) is 0 Å². The van der Waals surface area contributed by atoms with Crippen LogP contribution in [0.2, 0.25) is 0 Å².